The van der Waals surface area contributed by atoms with Crippen LogP contribution in [0, 0.1) is 24.0 Å². The summed E-state index contributed by atoms with van der Waals surface area (Å²) >= 11 is 1.30. The fourth-order valence-electron chi connectivity index (χ4n) is 2.87. The number of thiazole rings is 1. The molecule has 1 amide bonds. The lowest BCUT2D eigenvalue weighted by Gasteiger charge is -2.04. The maximum absolute atomic E-state index is 12.5. The van der Waals surface area contributed by atoms with E-state index in [1.165, 1.54) is 23.5 Å². The van der Waals surface area contributed by atoms with E-state index in [0.29, 0.717) is 11.3 Å². The van der Waals surface area contributed by atoms with Gasteiger partial charge in [-0.2, -0.15) is 4.99 Å². The zero-order valence-electron chi connectivity index (χ0n) is 14.9. The van der Waals surface area contributed by atoms with Crippen molar-refractivity contribution in [2.24, 2.45) is 4.99 Å². The van der Waals surface area contributed by atoms with Crippen molar-refractivity contribution in [3.8, 4) is 0 Å². The summed E-state index contributed by atoms with van der Waals surface area (Å²) in [5.41, 5.74) is 4.03. The maximum atomic E-state index is 12.5. The number of fused-ring (bicyclic) bond motifs is 1. The monoisotopic (exact) mass is 369 g/mol. The van der Waals surface area contributed by atoms with Gasteiger partial charge in [0.2, 0.25) is 0 Å². The van der Waals surface area contributed by atoms with E-state index in [4.69, 9.17) is 0 Å². The van der Waals surface area contributed by atoms with Crippen molar-refractivity contribution >= 4 is 33.1 Å². The number of aromatic nitrogens is 1. The van der Waals surface area contributed by atoms with Crippen LogP contribution in [0.4, 0.5) is 5.69 Å². The number of aryl methyl sites for hydroxylation is 3. The van der Waals surface area contributed by atoms with E-state index in [1.54, 1.807) is 6.07 Å². The molecule has 1 heterocycles. The normalized spacial score (nSPS) is 11.9. The third kappa shape index (κ3) is 3.57. The average molecular weight is 369 g/mol. The van der Waals surface area contributed by atoms with Crippen LogP contribution in [0.25, 0.3) is 10.2 Å². The number of benzene rings is 2. The zero-order chi connectivity index (χ0) is 18.8. The van der Waals surface area contributed by atoms with Crippen molar-refractivity contribution in [1.29, 1.82) is 0 Å². The molecular formula is C19H19N3O3S. The Morgan fingerprint density at radius 2 is 2.00 bits per heavy atom. The molecule has 0 aliphatic carbocycles. The van der Waals surface area contributed by atoms with Crippen molar-refractivity contribution in [2.75, 3.05) is 0 Å². The zero-order valence-corrected chi connectivity index (χ0v) is 15.7. The predicted octanol–water partition coefficient (Wildman–Crippen LogP) is 3.92. The first kappa shape index (κ1) is 18.0. The van der Waals surface area contributed by atoms with E-state index in [-0.39, 0.29) is 18.0 Å². The van der Waals surface area contributed by atoms with Crippen molar-refractivity contribution in [3.63, 3.8) is 0 Å². The number of nitro benzene ring substituents is 1. The van der Waals surface area contributed by atoms with Crippen LogP contribution in [0.3, 0.4) is 0 Å². The highest BCUT2D eigenvalue weighted by Gasteiger charge is 2.12. The predicted molar refractivity (Wildman–Crippen MR) is 102 cm³/mol. The number of carbonyl (C=O) groups is 1. The van der Waals surface area contributed by atoms with E-state index >= 15 is 0 Å². The molecule has 0 radical (unpaired) electrons. The number of non-ortho nitro benzene ring substituents is 1. The first-order valence-electron chi connectivity index (χ1n) is 8.30. The van der Waals surface area contributed by atoms with Crippen LogP contribution in [0.1, 0.15) is 23.6 Å². The number of nitrogens with zero attached hydrogens (tertiary/aromatic N) is 3. The molecule has 0 aliphatic heterocycles. The fourth-order valence-corrected chi connectivity index (χ4v) is 4.01. The van der Waals surface area contributed by atoms with Gasteiger partial charge in [0, 0.05) is 18.7 Å². The SMILES string of the molecule is CCn1c(=NC(=O)Cc2cc(C)ccc2C)sc2cc([N+](=O)[O-])ccc21. The summed E-state index contributed by atoms with van der Waals surface area (Å²) in [5, 5.41) is 11.0. The maximum Gasteiger partial charge on any atom is 0.270 e. The minimum atomic E-state index is -0.419. The summed E-state index contributed by atoms with van der Waals surface area (Å²) in [6.07, 6.45) is 0.242. The lowest BCUT2D eigenvalue weighted by molar-refractivity contribution is -0.384. The minimum Gasteiger partial charge on any atom is -0.317 e. The second-order valence-corrected chi connectivity index (χ2v) is 7.16. The summed E-state index contributed by atoms with van der Waals surface area (Å²) in [4.78, 5) is 27.9. The fraction of sp³-hybridized carbons (Fsp3) is 0.263. The Morgan fingerprint density at radius 1 is 1.23 bits per heavy atom. The molecule has 0 fully saturated rings. The summed E-state index contributed by atoms with van der Waals surface area (Å²) in [6, 6.07) is 10.7. The van der Waals surface area contributed by atoms with Gasteiger partial charge in [-0.25, -0.2) is 0 Å². The largest absolute Gasteiger partial charge is 0.317 e. The first-order valence-corrected chi connectivity index (χ1v) is 9.12. The summed E-state index contributed by atoms with van der Waals surface area (Å²) in [6.45, 7) is 6.57. The van der Waals surface area contributed by atoms with Gasteiger partial charge < -0.3 is 4.57 Å². The molecule has 0 atom stereocenters. The third-order valence-corrected chi connectivity index (χ3v) is 5.30. The molecule has 0 aliphatic rings. The van der Waals surface area contributed by atoms with E-state index < -0.39 is 4.92 Å². The standard InChI is InChI=1S/C19H19N3O3S/c1-4-21-16-8-7-15(22(24)25)11-17(16)26-19(21)20-18(23)10-14-9-12(2)5-6-13(14)3/h5-9,11H,4,10H2,1-3H3. The molecule has 0 spiro atoms. The molecule has 0 saturated carbocycles. The van der Waals surface area contributed by atoms with E-state index in [2.05, 4.69) is 4.99 Å². The topological polar surface area (TPSA) is 77.5 Å². The lowest BCUT2D eigenvalue weighted by atomic mass is 10.0. The molecule has 134 valence electrons. The molecular weight excluding hydrogens is 350 g/mol. The van der Waals surface area contributed by atoms with Gasteiger partial charge in [0.1, 0.15) is 0 Å². The number of nitro groups is 1. The van der Waals surface area contributed by atoms with Gasteiger partial charge in [0.15, 0.2) is 4.80 Å². The van der Waals surface area contributed by atoms with Crippen molar-refractivity contribution in [1.82, 2.24) is 4.57 Å². The van der Waals surface area contributed by atoms with Gasteiger partial charge in [0.25, 0.3) is 11.6 Å². The Hall–Kier alpha value is -2.80. The van der Waals surface area contributed by atoms with Crippen LogP contribution in [0.5, 0.6) is 0 Å². The van der Waals surface area contributed by atoms with Crippen molar-refractivity contribution in [3.05, 3.63) is 68.0 Å². The van der Waals surface area contributed by atoms with Crippen LogP contribution < -0.4 is 4.80 Å². The summed E-state index contributed by atoms with van der Waals surface area (Å²) in [7, 11) is 0. The molecule has 2 aromatic carbocycles. The minimum absolute atomic E-state index is 0.0373. The van der Waals surface area contributed by atoms with Gasteiger partial charge in [-0.05, 0) is 38.0 Å². The van der Waals surface area contributed by atoms with Gasteiger partial charge in [-0.3, -0.25) is 14.9 Å². The number of hydrogen-bond donors (Lipinski definition) is 0. The van der Waals surface area contributed by atoms with Gasteiger partial charge in [0.05, 0.1) is 21.6 Å². The summed E-state index contributed by atoms with van der Waals surface area (Å²) in [5.74, 6) is -0.220. The Morgan fingerprint density at radius 3 is 2.69 bits per heavy atom. The average Bonchev–Trinajstić information content (AvgIpc) is 2.93. The van der Waals surface area contributed by atoms with E-state index in [0.717, 1.165) is 26.9 Å². The molecule has 6 nitrogen and oxygen atoms in total. The van der Waals surface area contributed by atoms with Gasteiger partial charge in [-0.15, -0.1) is 0 Å². The molecule has 0 bridgehead atoms. The smallest absolute Gasteiger partial charge is 0.270 e. The molecule has 3 rings (SSSR count). The van der Waals surface area contributed by atoms with Gasteiger partial charge >= 0.3 is 0 Å². The Bertz CT molecular complexity index is 1080. The molecule has 26 heavy (non-hydrogen) atoms. The van der Waals surface area contributed by atoms with Crippen molar-refractivity contribution in [2.45, 2.75) is 33.7 Å². The summed E-state index contributed by atoms with van der Waals surface area (Å²) < 4.78 is 2.66. The number of hydrogen-bond acceptors (Lipinski definition) is 4. The third-order valence-electron chi connectivity index (χ3n) is 4.26. The van der Waals surface area contributed by atoms with Gasteiger partial charge in [-0.1, -0.05) is 35.1 Å². The highest BCUT2D eigenvalue weighted by molar-refractivity contribution is 7.16. The van der Waals surface area contributed by atoms with Crippen LogP contribution in [-0.4, -0.2) is 15.4 Å². The highest BCUT2D eigenvalue weighted by atomic mass is 32.1. The Kier molecular flexibility index (Phi) is 4.99. The van der Waals surface area contributed by atoms with Crippen LogP contribution in [0.15, 0.2) is 41.4 Å². The lowest BCUT2D eigenvalue weighted by Crippen LogP contribution is -2.16. The quantitative estimate of drug-likeness (QED) is 0.516. The van der Waals surface area contributed by atoms with E-state index in [9.17, 15) is 14.9 Å². The molecule has 0 saturated heterocycles. The highest BCUT2D eigenvalue weighted by Crippen LogP contribution is 2.23. The Labute approximate surface area is 154 Å². The van der Waals surface area contributed by atoms with Crippen LogP contribution in [0.2, 0.25) is 0 Å². The second kappa shape index (κ2) is 7.21. The Balaban J connectivity index is 2.01. The van der Waals surface area contributed by atoms with E-state index in [1.807, 2.05) is 43.5 Å². The molecule has 0 N–H and O–H groups in total. The molecule has 3 aromatic rings. The van der Waals surface area contributed by atoms with Crippen LogP contribution >= 0.6 is 11.3 Å². The van der Waals surface area contributed by atoms with Crippen LogP contribution in [-0.2, 0) is 17.8 Å². The second-order valence-electron chi connectivity index (χ2n) is 6.15. The molecule has 1 aromatic heterocycles. The number of rotatable bonds is 4. The number of carbonyl (C=O) groups excluding carboxylic acids is 1. The molecule has 7 heteroatoms. The molecule has 0 unspecified atom stereocenters. The number of amides is 1. The first-order chi connectivity index (χ1) is 12.4. The van der Waals surface area contributed by atoms with Crippen molar-refractivity contribution < 1.29 is 9.72 Å².